The Morgan fingerprint density at radius 3 is 2.78 bits per heavy atom. The van der Waals surface area contributed by atoms with Crippen LogP contribution in [-0.2, 0) is 14.3 Å². The molecule has 1 N–H and O–H groups in total. The van der Waals surface area contributed by atoms with Gasteiger partial charge in [0.15, 0.2) is 6.04 Å². The number of nitrogens with zero attached hydrogens (tertiary/aromatic N) is 1. The Morgan fingerprint density at radius 2 is 2.28 bits per heavy atom. The SMILES string of the molecule is C=CCOC(=O)N1CCOC2(CCC2)C1C(=O)O. The molecule has 2 aliphatic rings. The number of carboxylic acids is 1. The summed E-state index contributed by atoms with van der Waals surface area (Å²) in [6.45, 7) is 4.13. The van der Waals surface area contributed by atoms with Gasteiger partial charge in [0.25, 0.3) is 0 Å². The fraction of sp³-hybridized carbons (Fsp3) is 0.667. The lowest BCUT2D eigenvalue weighted by atomic mass is 9.73. The van der Waals surface area contributed by atoms with E-state index in [0.717, 1.165) is 6.42 Å². The van der Waals surface area contributed by atoms with Crippen LogP contribution < -0.4 is 0 Å². The molecule has 0 aromatic heterocycles. The largest absolute Gasteiger partial charge is 0.480 e. The van der Waals surface area contributed by atoms with E-state index in [1.54, 1.807) is 0 Å². The van der Waals surface area contributed by atoms with Crippen LogP contribution in [0.5, 0.6) is 0 Å². The molecule has 100 valence electrons. The van der Waals surface area contributed by atoms with E-state index in [9.17, 15) is 14.7 Å². The average molecular weight is 255 g/mol. The highest BCUT2D eigenvalue weighted by Gasteiger charge is 2.55. The smallest absolute Gasteiger partial charge is 0.411 e. The summed E-state index contributed by atoms with van der Waals surface area (Å²) in [5, 5.41) is 9.33. The third-order valence-corrected chi connectivity index (χ3v) is 3.52. The van der Waals surface area contributed by atoms with Crippen molar-refractivity contribution in [3.05, 3.63) is 12.7 Å². The second kappa shape index (κ2) is 4.97. The van der Waals surface area contributed by atoms with Crippen LogP contribution in [0.3, 0.4) is 0 Å². The van der Waals surface area contributed by atoms with Crippen LogP contribution in [0.4, 0.5) is 4.79 Å². The van der Waals surface area contributed by atoms with Crippen LogP contribution in [0.1, 0.15) is 19.3 Å². The maximum absolute atomic E-state index is 11.8. The van der Waals surface area contributed by atoms with Crippen LogP contribution >= 0.6 is 0 Å². The highest BCUT2D eigenvalue weighted by Crippen LogP contribution is 2.42. The summed E-state index contributed by atoms with van der Waals surface area (Å²) in [5.74, 6) is -1.04. The molecular formula is C12H17NO5. The predicted molar refractivity (Wildman–Crippen MR) is 62.2 cm³/mol. The van der Waals surface area contributed by atoms with E-state index >= 15 is 0 Å². The number of hydrogen-bond donors (Lipinski definition) is 1. The maximum Gasteiger partial charge on any atom is 0.411 e. The summed E-state index contributed by atoms with van der Waals surface area (Å²) in [6, 6.07) is -0.947. The Bertz CT molecular complexity index is 363. The van der Waals surface area contributed by atoms with Gasteiger partial charge in [-0.3, -0.25) is 4.90 Å². The predicted octanol–water partition coefficient (Wildman–Crippen LogP) is 1.02. The van der Waals surface area contributed by atoms with Crippen molar-refractivity contribution in [1.29, 1.82) is 0 Å². The number of carbonyl (C=O) groups is 2. The zero-order valence-corrected chi connectivity index (χ0v) is 10.1. The number of amides is 1. The lowest BCUT2D eigenvalue weighted by Gasteiger charge is -2.51. The number of morpholine rings is 1. The Kier molecular flexibility index (Phi) is 3.56. The highest BCUT2D eigenvalue weighted by atomic mass is 16.6. The standard InChI is InChI=1S/C12H17NO5/c1-2-7-17-11(16)13-6-8-18-12(4-3-5-12)9(13)10(14)15/h2,9H,1,3-8H2,(H,14,15). The fourth-order valence-electron chi connectivity index (χ4n) is 2.55. The van der Waals surface area contributed by atoms with Crippen molar-refractivity contribution in [2.24, 2.45) is 0 Å². The lowest BCUT2D eigenvalue weighted by molar-refractivity contribution is -0.195. The van der Waals surface area contributed by atoms with Gasteiger partial charge >= 0.3 is 12.1 Å². The molecule has 0 aromatic carbocycles. The van der Waals surface area contributed by atoms with Gasteiger partial charge in [-0.2, -0.15) is 0 Å². The molecule has 1 saturated heterocycles. The van der Waals surface area contributed by atoms with E-state index in [1.165, 1.54) is 11.0 Å². The molecule has 18 heavy (non-hydrogen) atoms. The minimum absolute atomic E-state index is 0.0789. The molecule has 2 rings (SSSR count). The van der Waals surface area contributed by atoms with Crippen LogP contribution in [0.2, 0.25) is 0 Å². The maximum atomic E-state index is 11.8. The summed E-state index contributed by atoms with van der Waals surface area (Å²) in [4.78, 5) is 24.5. The fourth-order valence-corrected chi connectivity index (χ4v) is 2.55. The molecule has 1 atom stereocenters. The van der Waals surface area contributed by atoms with Crippen molar-refractivity contribution in [3.63, 3.8) is 0 Å². The quantitative estimate of drug-likeness (QED) is 0.762. The number of rotatable bonds is 3. The Balaban J connectivity index is 2.14. The van der Waals surface area contributed by atoms with E-state index in [2.05, 4.69) is 6.58 Å². The Labute approximate surface area is 105 Å². The monoisotopic (exact) mass is 255 g/mol. The molecule has 1 unspecified atom stereocenters. The molecule has 1 aliphatic heterocycles. The summed E-state index contributed by atoms with van der Waals surface area (Å²) < 4.78 is 10.5. The molecule has 1 heterocycles. The lowest BCUT2D eigenvalue weighted by Crippen LogP contribution is -2.67. The first-order valence-corrected chi connectivity index (χ1v) is 6.02. The van der Waals surface area contributed by atoms with Gasteiger partial charge in [-0.15, -0.1) is 0 Å². The van der Waals surface area contributed by atoms with Crippen LogP contribution in [-0.4, -0.2) is 53.5 Å². The first-order valence-electron chi connectivity index (χ1n) is 6.02. The van der Waals surface area contributed by atoms with E-state index < -0.39 is 23.7 Å². The zero-order valence-electron chi connectivity index (χ0n) is 10.1. The van der Waals surface area contributed by atoms with Gasteiger partial charge in [-0.25, -0.2) is 9.59 Å². The second-order valence-electron chi connectivity index (χ2n) is 4.57. The second-order valence-corrected chi connectivity index (χ2v) is 4.57. The van der Waals surface area contributed by atoms with Gasteiger partial charge in [0.05, 0.1) is 12.2 Å². The van der Waals surface area contributed by atoms with Gasteiger partial charge in [-0.05, 0) is 19.3 Å². The molecule has 6 nitrogen and oxygen atoms in total. The van der Waals surface area contributed by atoms with E-state index in [0.29, 0.717) is 19.4 Å². The number of hydrogen-bond acceptors (Lipinski definition) is 4. The van der Waals surface area contributed by atoms with E-state index in [4.69, 9.17) is 9.47 Å². The Hall–Kier alpha value is -1.56. The molecule has 0 bridgehead atoms. The van der Waals surface area contributed by atoms with E-state index in [1.807, 2.05) is 0 Å². The number of aliphatic carboxylic acids is 1. The summed E-state index contributed by atoms with van der Waals surface area (Å²) >= 11 is 0. The van der Waals surface area contributed by atoms with E-state index in [-0.39, 0.29) is 13.2 Å². The molecule has 1 amide bonds. The first kappa shape index (κ1) is 12.9. The van der Waals surface area contributed by atoms with Crippen LogP contribution in [0, 0.1) is 0 Å². The molecular weight excluding hydrogens is 238 g/mol. The minimum Gasteiger partial charge on any atom is -0.480 e. The third kappa shape index (κ3) is 2.08. The van der Waals surface area contributed by atoms with Gasteiger partial charge in [-0.1, -0.05) is 12.7 Å². The van der Waals surface area contributed by atoms with Crippen LogP contribution in [0.25, 0.3) is 0 Å². The van der Waals surface area contributed by atoms with Crippen molar-refractivity contribution >= 4 is 12.1 Å². The average Bonchev–Trinajstić information content (AvgIpc) is 2.32. The van der Waals surface area contributed by atoms with Crippen molar-refractivity contribution in [1.82, 2.24) is 4.90 Å². The number of ether oxygens (including phenoxy) is 2. The molecule has 2 fully saturated rings. The van der Waals surface area contributed by atoms with Gasteiger partial charge in [0, 0.05) is 6.54 Å². The third-order valence-electron chi connectivity index (χ3n) is 3.52. The molecule has 0 aromatic rings. The summed E-state index contributed by atoms with van der Waals surface area (Å²) in [7, 11) is 0. The van der Waals surface area contributed by atoms with Crippen molar-refractivity contribution in [2.45, 2.75) is 30.9 Å². The minimum atomic E-state index is -1.04. The van der Waals surface area contributed by atoms with Crippen molar-refractivity contribution in [2.75, 3.05) is 19.8 Å². The molecule has 1 spiro atoms. The summed E-state index contributed by atoms with van der Waals surface area (Å²) in [6.07, 6.45) is 3.12. The topological polar surface area (TPSA) is 76.1 Å². The molecule has 0 radical (unpaired) electrons. The molecule has 1 aliphatic carbocycles. The first-order chi connectivity index (χ1) is 8.60. The number of carboxylic acid groups (broad SMARTS) is 1. The Morgan fingerprint density at radius 1 is 1.56 bits per heavy atom. The summed E-state index contributed by atoms with van der Waals surface area (Å²) in [5.41, 5.74) is -0.711. The van der Waals surface area contributed by atoms with Crippen LogP contribution in [0.15, 0.2) is 12.7 Å². The molecule has 6 heteroatoms. The van der Waals surface area contributed by atoms with Crippen molar-refractivity contribution < 1.29 is 24.2 Å². The zero-order chi connectivity index (χ0) is 13.2. The molecule has 1 saturated carbocycles. The normalized spacial score (nSPS) is 25.3. The van der Waals surface area contributed by atoms with Gasteiger partial charge in [0.2, 0.25) is 0 Å². The van der Waals surface area contributed by atoms with Crippen molar-refractivity contribution in [3.8, 4) is 0 Å². The van der Waals surface area contributed by atoms with Gasteiger partial charge < -0.3 is 14.6 Å². The highest BCUT2D eigenvalue weighted by molar-refractivity contribution is 5.82. The number of carbonyl (C=O) groups excluding carboxylic acids is 1. The van der Waals surface area contributed by atoms with Gasteiger partial charge in [0.1, 0.15) is 6.61 Å².